The number of likely N-dealkylation sites (N-methyl/N-ethyl adjacent to an activating group) is 2. The molecular weight excluding hydrogens is 516 g/mol. The summed E-state index contributed by atoms with van der Waals surface area (Å²) in [6, 6.07) is 14.6. The van der Waals surface area contributed by atoms with Gasteiger partial charge in [0.1, 0.15) is 11.6 Å². The number of alkyl halides is 3. The number of aromatic nitrogens is 3. The molecule has 2 aromatic heterocycles. The minimum Gasteiger partial charge on any atom is -0.475 e. The average molecular weight is 547 g/mol. The summed E-state index contributed by atoms with van der Waals surface area (Å²) in [6.07, 6.45) is -0.870. The number of fused-ring (bicyclic) bond motifs is 1. The molecular formula is C27H30F4N6O2. The van der Waals surface area contributed by atoms with Gasteiger partial charge in [-0.2, -0.15) is 18.3 Å². The molecule has 8 nitrogen and oxygen atoms in total. The van der Waals surface area contributed by atoms with E-state index in [1.54, 1.807) is 6.07 Å². The number of carboxylic acid groups (broad SMARTS) is 1. The van der Waals surface area contributed by atoms with Crippen molar-refractivity contribution >= 4 is 22.6 Å². The van der Waals surface area contributed by atoms with Crippen molar-refractivity contribution in [2.45, 2.75) is 18.6 Å². The lowest BCUT2D eigenvalue weighted by atomic mass is 9.99. The maximum absolute atomic E-state index is 13.6. The molecule has 0 unspecified atom stereocenters. The lowest BCUT2D eigenvalue weighted by molar-refractivity contribution is -0.192. The first-order chi connectivity index (χ1) is 18.3. The molecule has 0 amide bonds. The van der Waals surface area contributed by atoms with Gasteiger partial charge < -0.3 is 20.6 Å². The minimum atomic E-state index is -5.08. The number of H-pyrrole nitrogens is 1. The molecule has 208 valence electrons. The first-order valence-electron chi connectivity index (χ1n) is 11.9. The zero-order chi connectivity index (χ0) is 28.7. The van der Waals surface area contributed by atoms with Gasteiger partial charge in [0.2, 0.25) is 0 Å². The number of hydrogen-bond acceptors (Lipinski definition) is 6. The Morgan fingerprint density at radius 3 is 2.38 bits per heavy atom. The van der Waals surface area contributed by atoms with Crippen LogP contribution in [0.1, 0.15) is 17.3 Å². The van der Waals surface area contributed by atoms with Crippen LogP contribution in [-0.2, 0) is 11.2 Å². The van der Waals surface area contributed by atoms with Crippen molar-refractivity contribution in [3.63, 3.8) is 0 Å². The predicted octanol–water partition coefficient (Wildman–Crippen LogP) is 4.64. The fourth-order valence-electron chi connectivity index (χ4n) is 3.80. The number of rotatable bonds is 8. The molecule has 0 spiro atoms. The summed E-state index contributed by atoms with van der Waals surface area (Å²) in [6.45, 7) is 1.73. The summed E-state index contributed by atoms with van der Waals surface area (Å²) in [5.74, 6) is -2.12. The van der Waals surface area contributed by atoms with Crippen LogP contribution in [0.4, 0.5) is 23.4 Å². The smallest absolute Gasteiger partial charge is 0.475 e. The number of benzene rings is 2. The van der Waals surface area contributed by atoms with Crippen LogP contribution in [0.25, 0.3) is 21.9 Å². The summed E-state index contributed by atoms with van der Waals surface area (Å²) in [7, 11) is 6.17. The number of carbonyl (C=O) groups is 1. The summed E-state index contributed by atoms with van der Waals surface area (Å²) < 4.78 is 45.4. The molecule has 0 saturated heterocycles. The number of nitrogens with zero attached hydrogens (tertiary/aromatic N) is 4. The van der Waals surface area contributed by atoms with Gasteiger partial charge in [0, 0.05) is 37.3 Å². The van der Waals surface area contributed by atoms with Crippen molar-refractivity contribution in [3.8, 4) is 11.1 Å². The number of hydrogen-bond donors (Lipinski definition) is 3. The van der Waals surface area contributed by atoms with Gasteiger partial charge in [-0.05, 0) is 61.3 Å². The van der Waals surface area contributed by atoms with Gasteiger partial charge in [-0.1, -0.05) is 24.3 Å². The molecule has 12 heteroatoms. The minimum absolute atomic E-state index is 0.253. The van der Waals surface area contributed by atoms with Crippen LogP contribution in [0.5, 0.6) is 0 Å². The van der Waals surface area contributed by atoms with Gasteiger partial charge in [-0.3, -0.25) is 5.10 Å². The van der Waals surface area contributed by atoms with Gasteiger partial charge in [0.05, 0.1) is 17.9 Å². The molecule has 0 aliphatic rings. The third-order valence-corrected chi connectivity index (χ3v) is 5.88. The summed E-state index contributed by atoms with van der Waals surface area (Å²) in [5.41, 5.74) is 10.3. The van der Waals surface area contributed by atoms with E-state index in [4.69, 9.17) is 20.6 Å². The fourth-order valence-corrected chi connectivity index (χ4v) is 3.80. The molecule has 2 aromatic carbocycles. The monoisotopic (exact) mass is 546 g/mol. The molecule has 4 rings (SSSR count). The van der Waals surface area contributed by atoms with E-state index in [9.17, 15) is 17.6 Å². The van der Waals surface area contributed by atoms with Crippen LogP contribution >= 0.6 is 0 Å². The van der Waals surface area contributed by atoms with Crippen LogP contribution in [0.15, 0.2) is 60.9 Å². The molecule has 0 radical (unpaired) electrons. The molecule has 0 bridgehead atoms. The van der Waals surface area contributed by atoms with Gasteiger partial charge in [-0.15, -0.1) is 0 Å². The number of nitrogens with one attached hydrogen (secondary N) is 1. The van der Waals surface area contributed by atoms with E-state index in [-0.39, 0.29) is 11.9 Å². The number of carboxylic acids is 1. The number of nitrogens with two attached hydrogens (primary N) is 1. The zero-order valence-electron chi connectivity index (χ0n) is 21.7. The zero-order valence-corrected chi connectivity index (χ0v) is 21.7. The van der Waals surface area contributed by atoms with Gasteiger partial charge in [0.15, 0.2) is 0 Å². The van der Waals surface area contributed by atoms with Crippen molar-refractivity contribution in [3.05, 3.63) is 78.0 Å². The molecule has 1 atom stereocenters. The predicted molar refractivity (Wildman–Crippen MR) is 142 cm³/mol. The molecule has 2 heterocycles. The SMILES string of the molecule is CN(C)CCN(C)c1nc([C@H](N)Cc2cccc(F)c2)cc2ccc(-c3cn[nH]c3)cc12.O=C(O)C(F)(F)F. The van der Waals surface area contributed by atoms with Gasteiger partial charge in [-0.25, -0.2) is 14.2 Å². The van der Waals surface area contributed by atoms with Crippen LogP contribution in [-0.4, -0.2) is 71.6 Å². The highest BCUT2D eigenvalue weighted by atomic mass is 19.4. The number of aliphatic carboxylic acids is 1. The lowest BCUT2D eigenvalue weighted by Crippen LogP contribution is -2.29. The average Bonchev–Trinajstić information content (AvgIpc) is 3.41. The Bertz CT molecular complexity index is 1390. The molecule has 39 heavy (non-hydrogen) atoms. The van der Waals surface area contributed by atoms with Crippen molar-refractivity contribution in [2.24, 2.45) is 5.73 Å². The van der Waals surface area contributed by atoms with Crippen molar-refractivity contribution in [1.82, 2.24) is 20.1 Å². The maximum Gasteiger partial charge on any atom is 0.490 e. The quantitative estimate of drug-likeness (QED) is 0.276. The summed E-state index contributed by atoms with van der Waals surface area (Å²) in [4.78, 5) is 18.2. The topological polar surface area (TPSA) is 111 Å². The third-order valence-electron chi connectivity index (χ3n) is 5.88. The van der Waals surface area contributed by atoms with E-state index in [0.717, 1.165) is 52.1 Å². The van der Waals surface area contributed by atoms with E-state index >= 15 is 0 Å². The van der Waals surface area contributed by atoms with Crippen LogP contribution < -0.4 is 10.6 Å². The normalized spacial score (nSPS) is 12.2. The number of anilines is 1. The standard InChI is InChI=1S/C25H29FN6.C2HF3O2/c1-31(2)9-10-32(3)25-22-13-18(20-15-28-29-16-20)7-8-19(22)14-24(30-25)23(27)12-17-5-4-6-21(26)11-17;3-2(4,5)1(6)7/h4-8,11,13-16,23H,9-10,12,27H2,1-3H3,(H,28,29);(H,6,7)/t23-;/m1./s1. The van der Waals surface area contributed by atoms with E-state index in [2.05, 4.69) is 59.3 Å². The van der Waals surface area contributed by atoms with Crippen molar-refractivity contribution < 1.29 is 27.5 Å². The second-order valence-corrected chi connectivity index (χ2v) is 9.26. The second-order valence-electron chi connectivity index (χ2n) is 9.26. The molecule has 0 fully saturated rings. The fraction of sp³-hybridized carbons (Fsp3) is 0.296. The first kappa shape index (κ1) is 29.5. The maximum atomic E-state index is 13.6. The van der Waals surface area contributed by atoms with Crippen LogP contribution in [0.2, 0.25) is 0 Å². The van der Waals surface area contributed by atoms with E-state index < -0.39 is 12.1 Å². The Labute approximate surface area is 223 Å². The molecule has 0 saturated carbocycles. The highest BCUT2D eigenvalue weighted by Gasteiger charge is 2.38. The number of halogens is 4. The lowest BCUT2D eigenvalue weighted by Gasteiger charge is -2.24. The molecule has 4 N–H and O–H groups in total. The summed E-state index contributed by atoms with van der Waals surface area (Å²) >= 11 is 0. The Hall–Kier alpha value is -4.03. The summed E-state index contributed by atoms with van der Waals surface area (Å²) in [5, 5.41) is 16.2. The highest BCUT2D eigenvalue weighted by Crippen LogP contribution is 2.32. The van der Waals surface area contributed by atoms with Crippen molar-refractivity contribution in [1.29, 1.82) is 0 Å². The van der Waals surface area contributed by atoms with Gasteiger partial charge >= 0.3 is 12.1 Å². The van der Waals surface area contributed by atoms with Crippen LogP contribution in [0.3, 0.4) is 0 Å². The van der Waals surface area contributed by atoms with Gasteiger partial charge in [0.25, 0.3) is 0 Å². The van der Waals surface area contributed by atoms with E-state index in [1.807, 2.05) is 24.5 Å². The molecule has 0 aliphatic carbocycles. The van der Waals surface area contributed by atoms with Crippen LogP contribution in [0, 0.1) is 5.82 Å². The Kier molecular flexibility index (Phi) is 9.60. The Morgan fingerprint density at radius 2 is 1.79 bits per heavy atom. The highest BCUT2D eigenvalue weighted by molar-refractivity contribution is 5.95. The van der Waals surface area contributed by atoms with E-state index in [1.165, 1.54) is 12.1 Å². The second kappa shape index (κ2) is 12.7. The molecule has 4 aromatic rings. The number of pyridine rings is 1. The number of aromatic amines is 1. The third kappa shape index (κ3) is 8.23. The largest absolute Gasteiger partial charge is 0.490 e. The van der Waals surface area contributed by atoms with Crippen molar-refractivity contribution in [2.75, 3.05) is 39.1 Å². The molecule has 0 aliphatic heterocycles. The first-order valence-corrected chi connectivity index (χ1v) is 11.9. The van der Waals surface area contributed by atoms with E-state index in [0.29, 0.717) is 6.42 Å². The Morgan fingerprint density at radius 1 is 1.08 bits per heavy atom. The Balaban J connectivity index is 0.000000532.